The van der Waals surface area contributed by atoms with E-state index in [2.05, 4.69) is 158 Å². The van der Waals surface area contributed by atoms with Gasteiger partial charge in [0, 0.05) is 25.6 Å². The van der Waals surface area contributed by atoms with Crippen LogP contribution in [0, 0.1) is 0 Å². The summed E-state index contributed by atoms with van der Waals surface area (Å²) in [6.07, 6.45) is 0. The maximum Gasteiger partial charge on any atom is 0.0434 e. The summed E-state index contributed by atoms with van der Waals surface area (Å²) in [4.78, 5) is 0. The number of thiophene rings is 1. The smallest absolute Gasteiger partial charge is 0.0434 e. The van der Waals surface area contributed by atoms with Gasteiger partial charge in [-0.2, -0.15) is 0 Å². The van der Waals surface area contributed by atoms with Crippen LogP contribution in [0.15, 0.2) is 158 Å². The number of hydrogen-bond acceptors (Lipinski definition) is 1. The average molecular weight is 563 g/mol. The first-order valence-corrected chi connectivity index (χ1v) is 15.6. The highest BCUT2D eigenvalue weighted by Crippen LogP contribution is 2.47. The molecule has 0 saturated heterocycles. The Morgan fingerprint density at radius 1 is 0.279 bits per heavy atom. The maximum absolute atomic E-state index is 2.34. The Balaban J connectivity index is 1.33. The summed E-state index contributed by atoms with van der Waals surface area (Å²) in [5.74, 6) is 0. The Morgan fingerprint density at radius 2 is 0.767 bits per heavy atom. The van der Waals surface area contributed by atoms with Crippen molar-refractivity contribution in [2.45, 2.75) is 0 Å². The van der Waals surface area contributed by atoms with Crippen LogP contribution in [-0.2, 0) is 0 Å². The van der Waals surface area contributed by atoms with E-state index in [1.807, 2.05) is 11.3 Å². The lowest BCUT2D eigenvalue weighted by molar-refractivity contribution is 1.61. The molecule has 0 bridgehead atoms. The molecule has 1 heterocycles. The number of hydrogen-bond donors (Lipinski definition) is 0. The molecular formula is C42H26S. The maximum atomic E-state index is 2.34. The zero-order chi connectivity index (χ0) is 28.3. The third-order valence-corrected chi connectivity index (χ3v) is 10.1. The molecular weight excluding hydrogens is 537 g/mol. The van der Waals surface area contributed by atoms with E-state index in [9.17, 15) is 0 Å². The molecule has 0 nitrogen and oxygen atoms in total. The van der Waals surface area contributed by atoms with Crippen molar-refractivity contribution >= 4 is 63.8 Å². The average Bonchev–Trinajstić information content (AvgIpc) is 3.47. The van der Waals surface area contributed by atoms with E-state index in [0.29, 0.717) is 0 Å². The van der Waals surface area contributed by atoms with E-state index in [-0.39, 0.29) is 0 Å². The van der Waals surface area contributed by atoms with Gasteiger partial charge < -0.3 is 0 Å². The van der Waals surface area contributed by atoms with Crippen LogP contribution in [-0.4, -0.2) is 0 Å². The number of rotatable bonds is 3. The highest BCUT2D eigenvalue weighted by atomic mass is 32.1. The van der Waals surface area contributed by atoms with Crippen molar-refractivity contribution in [1.82, 2.24) is 0 Å². The van der Waals surface area contributed by atoms with Gasteiger partial charge in [-0.25, -0.2) is 0 Å². The van der Waals surface area contributed by atoms with E-state index in [0.717, 1.165) is 0 Å². The highest BCUT2D eigenvalue weighted by molar-refractivity contribution is 7.26. The van der Waals surface area contributed by atoms with Gasteiger partial charge in [-0.15, -0.1) is 11.3 Å². The lowest BCUT2D eigenvalue weighted by Gasteiger charge is -2.19. The standard InChI is InChI=1S/C42H26S/c1-2-11-27(12-3-1)28-21-23-29(24-22-28)40-33-14-4-6-16-35(33)41(36-17-7-5-15-34(36)40)32-18-10-19-37-30(32)25-26-38-31-13-8-9-20-39(31)43-42(37)38/h1-26H. The zero-order valence-electron chi connectivity index (χ0n) is 23.4. The summed E-state index contributed by atoms with van der Waals surface area (Å²) in [6, 6.07) is 57.9. The molecule has 0 fully saturated rings. The van der Waals surface area contributed by atoms with Crippen LogP contribution in [0.25, 0.3) is 85.9 Å². The van der Waals surface area contributed by atoms with Crippen LogP contribution >= 0.6 is 11.3 Å². The minimum atomic E-state index is 1.23. The van der Waals surface area contributed by atoms with Gasteiger partial charge in [-0.05, 0) is 66.4 Å². The van der Waals surface area contributed by atoms with Gasteiger partial charge in [-0.1, -0.05) is 152 Å². The first kappa shape index (κ1) is 24.4. The second-order valence-electron chi connectivity index (χ2n) is 11.2. The van der Waals surface area contributed by atoms with Crippen molar-refractivity contribution in [3.05, 3.63) is 158 Å². The monoisotopic (exact) mass is 562 g/mol. The van der Waals surface area contributed by atoms with Crippen molar-refractivity contribution in [1.29, 1.82) is 0 Å². The van der Waals surface area contributed by atoms with E-state index < -0.39 is 0 Å². The molecule has 0 N–H and O–H groups in total. The predicted octanol–water partition coefficient (Wildman–Crippen LogP) is 12.5. The van der Waals surface area contributed by atoms with Crippen molar-refractivity contribution in [3.63, 3.8) is 0 Å². The summed E-state index contributed by atoms with van der Waals surface area (Å²) in [5, 5.41) is 10.4. The SMILES string of the molecule is c1ccc(-c2ccc(-c3c4ccccc4c(-c4cccc5c4ccc4c6ccccc6sc54)c4ccccc34)cc2)cc1. The molecule has 9 aromatic rings. The van der Waals surface area contributed by atoms with Crippen LogP contribution in [0.3, 0.4) is 0 Å². The number of fused-ring (bicyclic) bond motifs is 7. The first-order chi connectivity index (χ1) is 21.3. The second kappa shape index (κ2) is 9.66. The molecule has 0 aliphatic rings. The van der Waals surface area contributed by atoms with E-state index in [1.165, 1.54) is 85.9 Å². The van der Waals surface area contributed by atoms with E-state index >= 15 is 0 Å². The molecule has 1 aromatic heterocycles. The Labute approximate surface area is 254 Å². The van der Waals surface area contributed by atoms with Crippen LogP contribution in [0.2, 0.25) is 0 Å². The minimum Gasteiger partial charge on any atom is -0.135 e. The van der Waals surface area contributed by atoms with Gasteiger partial charge in [-0.3, -0.25) is 0 Å². The molecule has 8 aromatic carbocycles. The van der Waals surface area contributed by atoms with E-state index in [1.54, 1.807) is 0 Å². The van der Waals surface area contributed by atoms with Crippen LogP contribution in [0.1, 0.15) is 0 Å². The molecule has 0 saturated carbocycles. The summed E-state index contributed by atoms with van der Waals surface area (Å²) in [6.45, 7) is 0. The molecule has 1 heteroatoms. The topological polar surface area (TPSA) is 0 Å². The summed E-state index contributed by atoms with van der Waals surface area (Å²) < 4.78 is 2.71. The molecule has 0 aliphatic carbocycles. The summed E-state index contributed by atoms with van der Waals surface area (Å²) in [5.41, 5.74) is 7.60. The predicted molar refractivity (Wildman–Crippen MR) is 188 cm³/mol. The lowest BCUT2D eigenvalue weighted by atomic mass is 9.84. The second-order valence-corrected chi connectivity index (χ2v) is 12.3. The van der Waals surface area contributed by atoms with Gasteiger partial charge >= 0.3 is 0 Å². The summed E-state index contributed by atoms with van der Waals surface area (Å²) in [7, 11) is 0. The lowest BCUT2D eigenvalue weighted by Crippen LogP contribution is -1.91. The molecule has 0 unspecified atom stereocenters. The zero-order valence-corrected chi connectivity index (χ0v) is 24.2. The molecule has 0 radical (unpaired) electrons. The van der Waals surface area contributed by atoms with Crippen LogP contribution < -0.4 is 0 Å². The normalized spacial score (nSPS) is 11.7. The summed E-state index contributed by atoms with van der Waals surface area (Å²) >= 11 is 1.90. The molecule has 0 spiro atoms. The molecule has 0 amide bonds. The van der Waals surface area contributed by atoms with Gasteiger partial charge in [0.05, 0.1) is 0 Å². The van der Waals surface area contributed by atoms with Crippen molar-refractivity contribution in [2.75, 3.05) is 0 Å². The molecule has 9 rings (SSSR count). The Bertz CT molecular complexity index is 2420. The Kier molecular flexibility index (Phi) is 5.47. The largest absolute Gasteiger partial charge is 0.135 e. The van der Waals surface area contributed by atoms with Crippen LogP contribution in [0.5, 0.6) is 0 Å². The number of benzene rings is 8. The molecule has 43 heavy (non-hydrogen) atoms. The van der Waals surface area contributed by atoms with Gasteiger partial charge in [0.1, 0.15) is 0 Å². The molecule has 0 aliphatic heterocycles. The Hall–Kier alpha value is -5.24. The highest BCUT2D eigenvalue weighted by Gasteiger charge is 2.19. The van der Waals surface area contributed by atoms with Gasteiger partial charge in [0.25, 0.3) is 0 Å². The molecule has 0 atom stereocenters. The first-order valence-electron chi connectivity index (χ1n) is 14.8. The third-order valence-electron chi connectivity index (χ3n) is 8.88. The van der Waals surface area contributed by atoms with Crippen molar-refractivity contribution < 1.29 is 0 Å². The van der Waals surface area contributed by atoms with E-state index in [4.69, 9.17) is 0 Å². The fourth-order valence-corrected chi connectivity index (χ4v) is 8.18. The third kappa shape index (κ3) is 3.75. The fraction of sp³-hybridized carbons (Fsp3) is 0. The molecule has 200 valence electrons. The van der Waals surface area contributed by atoms with Gasteiger partial charge in [0.15, 0.2) is 0 Å². The van der Waals surface area contributed by atoms with Gasteiger partial charge in [0.2, 0.25) is 0 Å². The Morgan fingerprint density at radius 3 is 1.47 bits per heavy atom. The quantitative estimate of drug-likeness (QED) is 0.188. The van der Waals surface area contributed by atoms with Crippen LogP contribution in [0.4, 0.5) is 0 Å². The van der Waals surface area contributed by atoms with Crippen molar-refractivity contribution in [3.8, 4) is 33.4 Å². The minimum absolute atomic E-state index is 1.23. The fourth-order valence-electron chi connectivity index (χ4n) is 6.95. The van der Waals surface area contributed by atoms with Crippen molar-refractivity contribution in [2.24, 2.45) is 0 Å².